The minimum absolute atomic E-state index is 0.256. The summed E-state index contributed by atoms with van der Waals surface area (Å²) in [7, 11) is 0. The lowest BCUT2D eigenvalue weighted by atomic mass is 10.1. The van der Waals surface area contributed by atoms with E-state index in [1.165, 1.54) is 0 Å². The molecule has 4 nitrogen and oxygen atoms in total. The van der Waals surface area contributed by atoms with Gasteiger partial charge in [-0.1, -0.05) is 77.3 Å². The Labute approximate surface area is 221 Å². The molecule has 0 aromatic heterocycles. The molecular weight excluding hydrogens is 525 g/mol. The molecule has 8 heteroatoms. The first-order chi connectivity index (χ1) is 16.9. The summed E-state index contributed by atoms with van der Waals surface area (Å²) < 4.78 is 5.92. The average molecular weight is 541 g/mol. The number of hydrogen-bond acceptors (Lipinski definition) is 4. The second kappa shape index (κ2) is 9.96. The van der Waals surface area contributed by atoms with Crippen LogP contribution in [0.5, 0.6) is 5.75 Å². The van der Waals surface area contributed by atoms with E-state index in [9.17, 15) is 9.59 Å². The Morgan fingerprint density at radius 3 is 2.31 bits per heavy atom. The summed E-state index contributed by atoms with van der Waals surface area (Å²) in [6.45, 7) is 0.294. The number of ether oxygens (including phenoxy) is 1. The smallest absolute Gasteiger partial charge is 0.298 e. The highest BCUT2D eigenvalue weighted by atomic mass is 35.5. The number of carbonyl (C=O) groups excluding carboxylic acids is 2. The van der Waals surface area contributed by atoms with Gasteiger partial charge in [-0.15, -0.1) is 0 Å². The van der Waals surface area contributed by atoms with Gasteiger partial charge in [0.1, 0.15) is 6.61 Å². The number of halogens is 3. The maximum absolute atomic E-state index is 12.9. The van der Waals surface area contributed by atoms with Crippen LogP contribution in [0.2, 0.25) is 15.1 Å². The monoisotopic (exact) mass is 539 g/mol. The minimum Gasteiger partial charge on any atom is -0.486 e. The lowest BCUT2D eigenvalue weighted by Gasteiger charge is -2.13. The molecule has 0 spiro atoms. The van der Waals surface area contributed by atoms with Crippen LogP contribution < -0.4 is 9.64 Å². The summed E-state index contributed by atoms with van der Waals surface area (Å²) in [5.41, 5.74) is 1.97. The van der Waals surface area contributed by atoms with Crippen LogP contribution in [0.3, 0.4) is 0 Å². The van der Waals surface area contributed by atoms with E-state index in [0.717, 1.165) is 33.0 Å². The SMILES string of the molecule is O=C1S/C(=C/c2cc(Cl)c(OCc3ccc4ccccc4c3)c(Cl)c2)C(=O)N1c1cccc(Cl)c1. The zero-order valence-corrected chi connectivity index (χ0v) is 21.1. The van der Waals surface area contributed by atoms with Gasteiger partial charge in [-0.05, 0) is 76.1 Å². The summed E-state index contributed by atoms with van der Waals surface area (Å²) in [5.74, 6) is -0.0863. The predicted molar refractivity (Wildman–Crippen MR) is 145 cm³/mol. The van der Waals surface area contributed by atoms with Gasteiger partial charge in [0.2, 0.25) is 0 Å². The van der Waals surface area contributed by atoms with Crippen LogP contribution in [0, 0.1) is 0 Å². The predicted octanol–water partition coefficient (Wildman–Crippen LogP) is 8.62. The van der Waals surface area contributed by atoms with Gasteiger partial charge in [0.15, 0.2) is 5.75 Å². The van der Waals surface area contributed by atoms with E-state index < -0.39 is 11.1 Å². The van der Waals surface area contributed by atoms with Crippen LogP contribution >= 0.6 is 46.6 Å². The van der Waals surface area contributed by atoms with E-state index in [4.69, 9.17) is 39.5 Å². The van der Waals surface area contributed by atoms with E-state index in [1.54, 1.807) is 42.5 Å². The first-order valence-corrected chi connectivity index (χ1v) is 12.5. The summed E-state index contributed by atoms with van der Waals surface area (Å²) >= 11 is 19.8. The molecule has 0 radical (unpaired) electrons. The molecule has 1 aliphatic heterocycles. The average Bonchev–Trinajstić information content (AvgIpc) is 3.11. The topological polar surface area (TPSA) is 46.6 Å². The summed E-state index contributed by atoms with van der Waals surface area (Å²) in [4.78, 5) is 26.7. The Kier molecular flexibility index (Phi) is 6.76. The lowest BCUT2D eigenvalue weighted by molar-refractivity contribution is -0.113. The standard InChI is InChI=1S/C27H16Cl3NO3S/c28-20-6-3-7-21(14-20)31-26(32)24(35-27(31)33)13-17-11-22(29)25(23(30)12-17)34-15-16-8-9-18-4-1-2-5-19(18)10-16/h1-14H,15H2/b24-13+. The van der Waals surface area contributed by atoms with Crippen LogP contribution in [-0.2, 0) is 11.4 Å². The van der Waals surface area contributed by atoms with Crippen LogP contribution in [0.25, 0.3) is 16.8 Å². The van der Waals surface area contributed by atoms with Crippen molar-refractivity contribution in [3.8, 4) is 5.75 Å². The van der Waals surface area contributed by atoms with Crippen LogP contribution in [-0.4, -0.2) is 11.1 Å². The maximum atomic E-state index is 12.9. The molecule has 0 atom stereocenters. The molecule has 0 unspecified atom stereocenters. The number of fused-ring (bicyclic) bond motifs is 1. The third-order valence-corrected chi connectivity index (χ3v) is 7.04. The van der Waals surface area contributed by atoms with Crippen LogP contribution in [0.1, 0.15) is 11.1 Å². The number of rotatable bonds is 5. The van der Waals surface area contributed by atoms with Gasteiger partial charge < -0.3 is 4.74 Å². The molecule has 35 heavy (non-hydrogen) atoms. The Morgan fingerprint density at radius 1 is 0.829 bits per heavy atom. The number of nitrogens with zero attached hydrogens (tertiary/aromatic N) is 1. The second-order valence-electron chi connectivity index (χ2n) is 7.78. The van der Waals surface area contributed by atoms with Crippen molar-refractivity contribution in [1.29, 1.82) is 0 Å². The molecule has 2 amide bonds. The largest absolute Gasteiger partial charge is 0.486 e. The van der Waals surface area contributed by atoms with E-state index >= 15 is 0 Å². The molecule has 1 saturated heterocycles. The molecule has 1 fully saturated rings. The molecule has 1 aliphatic rings. The Morgan fingerprint density at radius 2 is 1.57 bits per heavy atom. The van der Waals surface area contributed by atoms with Gasteiger partial charge >= 0.3 is 0 Å². The molecule has 0 N–H and O–H groups in total. The zero-order valence-electron chi connectivity index (χ0n) is 18.0. The molecule has 0 saturated carbocycles. The number of imide groups is 1. The van der Waals surface area contributed by atoms with Gasteiger partial charge in [0, 0.05) is 5.02 Å². The molecule has 4 aromatic carbocycles. The van der Waals surface area contributed by atoms with Crippen molar-refractivity contribution in [2.24, 2.45) is 0 Å². The molecule has 1 heterocycles. The highest BCUT2D eigenvalue weighted by molar-refractivity contribution is 8.19. The fourth-order valence-electron chi connectivity index (χ4n) is 3.74. The number of carbonyl (C=O) groups is 2. The fourth-order valence-corrected chi connectivity index (χ4v) is 5.38. The number of benzene rings is 4. The van der Waals surface area contributed by atoms with Gasteiger partial charge in [-0.2, -0.15) is 0 Å². The summed E-state index contributed by atoms with van der Waals surface area (Å²) in [5, 5.41) is 2.90. The van der Waals surface area contributed by atoms with Gasteiger partial charge in [-0.25, -0.2) is 4.90 Å². The molecule has 0 aliphatic carbocycles. The quantitative estimate of drug-likeness (QED) is 0.238. The third-order valence-electron chi connectivity index (χ3n) is 5.38. The number of hydrogen-bond donors (Lipinski definition) is 0. The first-order valence-electron chi connectivity index (χ1n) is 10.5. The van der Waals surface area contributed by atoms with E-state index in [2.05, 4.69) is 12.1 Å². The van der Waals surface area contributed by atoms with E-state index in [1.807, 2.05) is 30.3 Å². The van der Waals surface area contributed by atoms with E-state index in [-0.39, 0.29) is 4.91 Å². The Balaban J connectivity index is 1.35. The third kappa shape index (κ3) is 5.04. The second-order valence-corrected chi connectivity index (χ2v) is 10.0. The molecule has 5 rings (SSSR count). The Bertz CT molecular complexity index is 1500. The Hall–Kier alpha value is -2.96. The highest BCUT2D eigenvalue weighted by Crippen LogP contribution is 2.39. The van der Waals surface area contributed by atoms with Crippen molar-refractivity contribution in [2.45, 2.75) is 6.61 Å². The van der Waals surface area contributed by atoms with Crippen molar-refractivity contribution >= 4 is 80.2 Å². The zero-order chi connectivity index (χ0) is 24.5. The van der Waals surface area contributed by atoms with Crippen LogP contribution in [0.4, 0.5) is 10.5 Å². The van der Waals surface area contributed by atoms with Gasteiger partial charge in [0.25, 0.3) is 11.1 Å². The maximum Gasteiger partial charge on any atom is 0.298 e. The molecule has 4 aromatic rings. The highest BCUT2D eigenvalue weighted by Gasteiger charge is 2.36. The van der Waals surface area contributed by atoms with Crippen molar-refractivity contribution in [3.63, 3.8) is 0 Å². The van der Waals surface area contributed by atoms with Crippen molar-refractivity contribution in [3.05, 3.63) is 110 Å². The van der Waals surface area contributed by atoms with Gasteiger partial charge in [0.05, 0.1) is 20.6 Å². The van der Waals surface area contributed by atoms with E-state index in [0.29, 0.717) is 38.7 Å². The fraction of sp³-hybridized carbons (Fsp3) is 0.0370. The molecular formula is C27H16Cl3NO3S. The number of amides is 2. The number of thioether (sulfide) groups is 1. The molecule has 174 valence electrons. The normalized spacial score (nSPS) is 14.8. The van der Waals surface area contributed by atoms with Gasteiger partial charge in [-0.3, -0.25) is 9.59 Å². The minimum atomic E-state index is -0.439. The van der Waals surface area contributed by atoms with Crippen LogP contribution in [0.15, 0.2) is 83.8 Å². The van der Waals surface area contributed by atoms with Crippen molar-refractivity contribution in [1.82, 2.24) is 0 Å². The lowest BCUT2D eigenvalue weighted by Crippen LogP contribution is -2.27. The summed E-state index contributed by atoms with van der Waals surface area (Å²) in [6.07, 6.45) is 1.58. The van der Waals surface area contributed by atoms with Crippen molar-refractivity contribution < 1.29 is 14.3 Å². The van der Waals surface area contributed by atoms with Crippen molar-refractivity contribution in [2.75, 3.05) is 4.90 Å². The summed E-state index contributed by atoms with van der Waals surface area (Å²) in [6, 6.07) is 24.0. The number of anilines is 1. The first kappa shape index (κ1) is 23.8. The molecule has 0 bridgehead atoms.